The molecule has 3 aromatic rings. The van der Waals surface area contributed by atoms with E-state index in [9.17, 15) is 9.59 Å². The number of hydrogen-bond donors (Lipinski definition) is 1. The fourth-order valence-electron chi connectivity index (χ4n) is 4.25. The van der Waals surface area contributed by atoms with Gasteiger partial charge in [-0.25, -0.2) is 4.68 Å². The van der Waals surface area contributed by atoms with Crippen LogP contribution in [0.4, 0.5) is 0 Å². The number of carbonyl (C=O) groups excluding carboxylic acids is 2. The molecule has 0 aliphatic heterocycles. The topological polar surface area (TPSA) is 73.2 Å². The van der Waals surface area contributed by atoms with E-state index in [1.54, 1.807) is 24.3 Å². The maximum Gasteiger partial charge on any atom is 0.258 e. The lowest BCUT2D eigenvalue weighted by atomic mass is 9.74. The number of aromatic nitrogens is 2. The molecule has 32 heavy (non-hydrogen) atoms. The van der Waals surface area contributed by atoms with Gasteiger partial charge in [0, 0.05) is 11.1 Å². The first-order chi connectivity index (χ1) is 15.2. The number of carbonyl (C=O) groups is 2. The van der Waals surface area contributed by atoms with Crippen molar-refractivity contribution in [1.29, 1.82) is 0 Å². The summed E-state index contributed by atoms with van der Waals surface area (Å²) in [7, 11) is 0. The Morgan fingerprint density at radius 1 is 1.12 bits per heavy atom. The molecule has 166 valence electrons. The van der Waals surface area contributed by atoms with E-state index in [1.165, 1.54) is 12.5 Å². The molecule has 0 fully saturated rings. The zero-order valence-corrected chi connectivity index (χ0v) is 19.0. The molecule has 0 bridgehead atoms. The second kappa shape index (κ2) is 8.61. The fraction of sp³-hybridized carbons (Fsp3) is 0.346. The van der Waals surface area contributed by atoms with E-state index in [-0.39, 0.29) is 29.8 Å². The zero-order chi connectivity index (χ0) is 22.9. The highest BCUT2D eigenvalue weighted by atomic mass is 16.5. The number of fused-ring (bicyclic) bond motifs is 1. The van der Waals surface area contributed by atoms with Crippen molar-refractivity contribution in [2.24, 2.45) is 5.41 Å². The molecule has 1 atom stereocenters. The summed E-state index contributed by atoms with van der Waals surface area (Å²) >= 11 is 0. The van der Waals surface area contributed by atoms with Gasteiger partial charge in [0.2, 0.25) is 0 Å². The Morgan fingerprint density at radius 3 is 2.47 bits per heavy atom. The highest BCUT2D eigenvalue weighted by Crippen LogP contribution is 2.41. The predicted molar refractivity (Wildman–Crippen MR) is 123 cm³/mol. The Balaban J connectivity index is 1.47. The third-order valence-corrected chi connectivity index (χ3v) is 5.92. The lowest BCUT2D eigenvalue weighted by Crippen LogP contribution is -2.38. The van der Waals surface area contributed by atoms with Crippen LogP contribution >= 0.6 is 0 Å². The van der Waals surface area contributed by atoms with Gasteiger partial charge in [0.05, 0.1) is 23.6 Å². The molecule has 0 saturated heterocycles. The zero-order valence-electron chi connectivity index (χ0n) is 19.0. The van der Waals surface area contributed by atoms with Gasteiger partial charge in [-0.3, -0.25) is 9.59 Å². The average Bonchev–Trinajstić information content (AvgIpc) is 3.16. The summed E-state index contributed by atoms with van der Waals surface area (Å²) in [6.45, 7) is 7.93. The third-order valence-electron chi connectivity index (χ3n) is 5.92. The van der Waals surface area contributed by atoms with Crippen molar-refractivity contribution >= 4 is 11.7 Å². The van der Waals surface area contributed by atoms with Gasteiger partial charge in [-0.2, -0.15) is 5.10 Å². The number of rotatable bonds is 6. The van der Waals surface area contributed by atoms with Gasteiger partial charge in [-0.1, -0.05) is 31.5 Å². The second-order valence-corrected chi connectivity index (χ2v) is 9.33. The molecular weight excluding hydrogens is 402 g/mol. The van der Waals surface area contributed by atoms with Gasteiger partial charge < -0.3 is 10.1 Å². The number of amides is 1. The standard InChI is InChI=1S/C26H29N3O3/c1-17-5-9-20(10-6-17)29-24-14-26(3,4)13-23(22(24)15-27-29)28-25(31)16-32-21-11-7-19(8-12-21)18(2)30/h5-12,15,23H,13-14,16H2,1-4H3,(H,28,31)/t23-/m0/s1. The summed E-state index contributed by atoms with van der Waals surface area (Å²) in [5.74, 6) is 0.371. The Bertz CT molecular complexity index is 1130. The van der Waals surface area contributed by atoms with Crippen molar-refractivity contribution in [3.05, 3.63) is 77.1 Å². The van der Waals surface area contributed by atoms with E-state index in [0.717, 1.165) is 29.8 Å². The number of ketones is 1. The van der Waals surface area contributed by atoms with Crippen LogP contribution in [0.2, 0.25) is 0 Å². The van der Waals surface area contributed by atoms with Crippen molar-refractivity contribution in [3.63, 3.8) is 0 Å². The van der Waals surface area contributed by atoms with Crippen LogP contribution in [0.5, 0.6) is 5.75 Å². The summed E-state index contributed by atoms with van der Waals surface area (Å²) in [6.07, 6.45) is 3.59. The minimum Gasteiger partial charge on any atom is -0.484 e. The van der Waals surface area contributed by atoms with E-state index in [4.69, 9.17) is 4.74 Å². The average molecular weight is 432 g/mol. The molecule has 0 radical (unpaired) electrons. The van der Waals surface area contributed by atoms with Crippen molar-refractivity contribution in [2.75, 3.05) is 6.61 Å². The van der Waals surface area contributed by atoms with Crippen LogP contribution in [-0.2, 0) is 11.2 Å². The summed E-state index contributed by atoms with van der Waals surface area (Å²) in [5.41, 5.74) is 5.06. The van der Waals surface area contributed by atoms with E-state index in [0.29, 0.717) is 11.3 Å². The summed E-state index contributed by atoms with van der Waals surface area (Å²) < 4.78 is 7.61. The van der Waals surface area contributed by atoms with Gasteiger partial charge in [-0.15, -0.1) is 0 Å². The van der Waals surface area contributed by atoms with Crippen LogP contribution in [0.3, 0.4) is 0 Å². The lowest BCUT2D eigenvalue weighted by molar-refractivity contribution is -0.124. The smallest absolute Gasteiger partial charge is 0.258 e. The Labute approximate surface area is 188 Å². The molecule has 1 heterocycles. The maximum absolute atomic E-state index is 12.7. The molecule has 1 aromatic heterocycles. The molecule has 2 aromatic carbocycles. The molecule has 1 aliphatic rings. The van der Waals surface area contributed by atoms with Crippen LogP contribution < -0.4 is 10.1 Å². The number of nitrogens with zero attached hydrogens (tertiary/aromatic N) is 2. The van der Waals surface area contributed by atoms with Crippen LogP contribution in [0, 0.1) is 12.3 Å². The number of hydrogen-bond acceptors (Lipinski definition) is 4. The number of nitrogens with one attached hydrogen (secondary N) is 1. The number of ether oxygens (including phenoxy) is 1. The molecule has 0 saturated carbocycles. The molecule has 0 unspecified atom stereocenters. The number of aryl methyl sites for hydroxylation is 1. The SMILES string of the molecule is CC(=O)c1ccc(OCC(=O)N[C@H]2CC(C)(C)Cc3c2cnn3-c2ccc(C)cc2)cc1. The van der Waals surface area contributed by atoms with Crippen molar-refractivity contribution in [3.8, 4) is 11.4 Å². The first-order valence-corrected chi connectivity index (χ1v) is 10.9. The monoisotopic (exact) mass is 431 g/mol. The molecule has 1 amide bonds. The summed E-state index contributed by atoms with van der Waals surface area (Å²) in [6, 6.07) is 15.0. The summed E-state index contributed by atoms with van der Waals surface area (Å²) in [4.78, 5) is 24.1. The Hall–Kier alpha value is -3.41. The quantitative estimate of drug-likeness (QED) is 0.579. The Kier molecular flexibility index (Phi) is 5.87. The largest absolute Gasteiger partial charge is 0.484 e. The van der Waals surface area contributed by atoms with E-state index >= 15 is 0 Å². The van der Waals surface area contributed by atoms with Crippen LogP contribution in [0.15, 0.2) is 54.7 Å². The summed E-state index contributed by atoms with van der Waals surface area (Å²) in [5, 5.41) is 7.78. The highest BCUT2D eigenvalue weighted by molar-refractivity contribution is 5.94. The molecule has 1 N–H and O–H groups in total. The molecule has 6 heteroatoms. The van der Waals surface area contributed by atoms with E-state index in [2.05, 4.69) is 55.5 Å². The van der Waals surface area contributed by atoms with Gasteiger partial charge >= 0.3 is 0 Å². The normalized spacial score (nSPS) is 16.8. The number of benzene rings is 2. The maximum atomic E-state index is 12.7. The van der Waals surface area contributed by atoms with Gasteiger partial charge in [0.25, 0.3) is 5.91 Å². The van der Waals surface area contributed by atoms with Crippen LogP contribution in [0.25, 0.3) is 5.69 Å². The molecule has 4 rings (SSSR count). The van der Waals surface area contributed by atoms with Gasteiger partial charge in [-0.05, 0) is 68.5 Å². The van der Waals surface area contributed by atoms with Crippen molar-refractivity contribution < 1.29 is 14.3 Å². The first kappa shape index (κ1) is 21.8. The third kappa shape index (κ3) is 4.74. The van der Waals surface area contributed by atoms with Crippen LogP contribution in [0.1, 0.15) is 60.4 Å². The predicted octanol–water partition coefficient (Wildman–Crippen LogP) is 4.59. The van der Waals surface area contributed by atoms with Crippen LogP contribution in [-0.4, -0.2) is 28.1 Å². The molecule has 1 aliphatic carbocycles. The number of Topliss-reactive ketones (excluding diaryl/α,β-unsaturated/α-hetero) is 1. The Morgan fingerprint density at radius 2 is 1.81 bits per heavy atom. The fourth-order valence-corrected chi connectivity index (χ4v) is 4.25. The molecule has 6 nitrogen and oxygen atoms in total. The second-order valence-electron chi connectivity index (χ2n) is 9.33. The molecule has 0 spiro atoms. The van der Waals surface area contributed by atoms with Gasteiger partial charge in [0.15, 0.2) is 12.4 Å². The minimum atomic E-state index is -0.183. The minimum absolute atomic E-state index is 0.00352. The van der Waals surface area contributed by atoms with Crippen molar-refractivity contribution in [1.82, 2.24) is 15.1 Å². The first-order valence-electron chi connectivity index (χ1n) is 10.9. The van der Waals surface area contributed by atoms with Crippen molar-refractivity contribution in [2.45, 2.75) is 46.6 Å². The van der Waals surface area contributed by atoms with E-state index < -0.39 is 0 Å². The van der Waals surface area contributed by atoms with Gasteiger partial charge in [0.1, 0.15) is 5.75 Å². The van der Waals surface area contributed by atoms with E-state index in [1.807, 2.05) is 10.9 Å². The highest BCUT2D eigenvalue weighted by Gasteiger charge is 2.36. The molecular formula is C26H29N3O3. The lowest BCUT2D eigenvalue weighted by Gasteiger charge is -2.36.